The van der Waals surface area contributed by atoms with Gasteiger partial charge < -0.3 is 11.1 Å². The zero-order chi connectivity index (χ0) is 12.3. The second kappa shape index (κ2) is 5.06. The van der Waals surface area contributed by atoms with Crippen LogP contribution in [0, 0.1) is 0 Å². The van der Waals surface area contributed by atoms with Crippen molar-refractivity contribution < 1.29 is 8.42 Å². The first-order chi connectivity index (χ1) is 8.07. The van der Waals surface area contributed by atoms with Gasteiger partial charge in [0.2, 0.25) is 0 Å². The van der Waals surface area contributed by atoms with Crippen LogP contribution in [0.25, 0.3) is 0 Å². The number of nitrogen functional groups attached to an aromatic ring is 1. The van der Waals surface area contributed by atoms with E-state index in [1.165, 1.54) is 0 Å². The molecule has 0 saturated carbocycles. The Kier molecular flexibility index (Phi) is 3.69. The molecule has 1 fully saturated rings. The average Bonchev–Trinajstić information content (AvgIpc) is 2.30. The summed E-state index contributed by atoms with van der Waals surface area (Å²) in [6.45, 7) is 0.706. The molecule has 1 aromatic carbocycles. The van der Waals surface area contributed by atoms with E-state index in [-0.39, 0.29) is 6.04 Å². The van der Waals surface area contributed by atoms with Gasteiger partial charge in [-0.05, 0) is 24.5 Å². The lowest BCUT2D eigenvalue weighted by atomic mass is 10.1. The monoisotopic (exact) mass is 254 g/mol. The fraction of sp³-hybridized carbons (Fsp3) is 0.500. The molecule has 0 unspecified atom stereocenters. The number of anilines is 1. The second-order valence-electron chi connectivity index (χ2n) is 4.51. The van der Waals surface area contributed by atoms with Crippen molar-refractivity contribution in [2.75, 3.05) is 17.2 Å². The summed E-state index contributed by atoms with van der Waals surface area (Å²) in [5.41, 5.74) is 7.69. The zero-order valence-electron chi connectivity index (χ0n) is 9.72. The third-order valence-electron chi connectivity index (χ3n) is 3.19. The van der Waals surface area contributed by atoms with Gasteiger partial charge in [0.25, 0.3) is 0 Å². The highest BCUT2D eigenvalue weighted by Crippen LogP contribution is 2.14. The maximum absolute atomic E-state index is 11.3. The van der Waals surface area contributed by atoms with Crippen LogP contribution < -0.4 is 11.1 Å². The Labute approximate surface area is 102 Å². The van der Waals surface area contributed by atoms with E-state index in [1.54, 1.807) is 0 Å². The van der Waals surface area contributed by atoms with Crippen molar-refractivity contribution >= 4 is 15.5 Å². The lowest BCUT2D eigenvalue weighted by Gasteiger charge is -2.23. The molecule has 4 nitrogen and oxygen atoms in total. The lowest BCUT2D eigenvalue weighted by Crippen LogP contribution is -2.37. The molecule has 94 valence electrons. The maximum atomic E-state index is 11.3. The Balaban J connectivity index is 1.86. The number of rotatable bonds is 3. The Morgan fingerprint density at radius 1 is 1.24 bits per heavy atom. The first-order valence-corrected chi connectivity index (χ1v) is 7.66. The van der Waals surface area contributed by atoms with E-state index in [4.69, 9.17) is 5.73 Å². The molecule has 1 saturated heterocycles. The van der Waals surface area contributed by atoms with Gasteiger partial charge in [0.15, 0.2) is 0 Å². The third kappa shape index (κ3) is 3.44. The second-order valence-corrected chi connectivity index (χ2v) is 6.81. The summed E-state index contributed by atoms with van der Waals surface area (Å²) in [5, 5.41) is 3.37. The maximum Gasteiger partial charge on any atom is 0.150 e. The Morgan fingerprint density at radius 2 is 1.88 bits per heavy atom. The smallest absolute Gasteiger partial charge is 0.150 e. The van der Waals surface area contributed by atoms with Gasteiger partial charge >= 0.3 is 0 Å². The summed E-state index contributed by atoms with van der Waals surface area (Å²) >= 11 is 0. The number of hydrogen-bond acceptors (Lipinski definition) is 4. The van der Waals surface area contributed by atoms with E-state index >= 15 is 0 Å². The Morgan fingerprint density at radius 3 is 2.53 bits per heavy atom. The van der Waals surface area contributed by atoms with Gasteiger partial charge in [-0.15, -0.1) is 0 Å². The van der Waals surface area contributed by atoms with Crippen LogP contribution in [0.3, 0.4) is 0 Å². The van der Waals surface area contributed by atoms with Crippen molar-refractivity contribution in [3.63, 3.8) is 0 Å². The fourth-order valence-corrected chi connectivity index (χ4v) is 3.54. The standard InChI is InChI=1S/C12H18N2O2S/c13-12-4-2-1-3-10(12)9-14-11-5-7-17(15,16)8-6-11/h1-4,11,14H,5-9,13H2. The molecule has 3 N–H and O–H groups in total. The summed E-state index contributed by atoms with van der Waals surface area (Å²) in [4.78, 5) is 0. The molecule has 0 aromatic heterocycles. The summed E-state index contributed by atoms with van der Waals surface area (Å²) in [5.74, 6) is 0.601. The minimum atomic E-state index is -2.77. The predicted molar refractivity (Wildman–Crippen MR) is 69.4 cm³/mol. The first-order valence-electron chi connectivity index (χ1n) is 5.84. The molecule has 2 rings (SSSR count). The number of para-hydroxylation sites is 1. The highest BCUT2D eigenvalue weighted by Gasteiger charge is 2.22. The minimum Gasteiger partial charge on any atom is -0.398 e. The van der Waals surface area contributed by atoms with Gasteiger partial charge in [0, 0.05) is 18.3 Å². The van der Waals surface area contributed by atoms with Gasteiger partial charge in [-0.25, -0.2) is 8.42 Å². The molecule has 0 bridgehead atoms. The fourth-order valence-electron chi connectivity index (χ4n) is 2.04. The van der Waals surface area contributed by atoms with E-state index < -0.39 is 9.84 Å². The van der Waals surface area contributed by atoms with Crippen LogP contribution in [0.5, 0.6) is 0 Å². The van der Waals surface area contributed by atoms with Gasteiger partial charge in [0.05, 0.1) is 11.5 Å². The molecule has 0 radical (unpaired) electrons. The van der Waals surface area contributed by atoms with Crippen molar-refractivity contribution in [3.8, 4) is 0 Å². The SMILES string of the molecule is Nc1ccccc1CNC1CCS(=O)(=O)CC1. The van der Waals surface area contributed by atoms with Crippen molar-refractivity contribution in [2.45, 2.75) is 25.4 Å². The van der Waals surface area contributed by atoms with E-state index in [0.717, 1.165) is 11.3 Å². The number of nitrogens with one attached hydrogen (secondary N) is 1. The number of sulfone groups is 1. The van der Waals surface area contributed by atoms with Gasteiger partial charge in [-0.2, -0.15) is 0 Å². The van der Waals surface area contributed by atoms with Crippen LogP contribution in [0.4, 0.5) is 5.69 Å². The van der Waals surface area contributed by atoms with Crippen LogP contribution in [0.15, 0.2) is 24.3 Å². The van der Waals surface area contributed by atoms with Crippen LogP contribution >= 0.6 is 0 Å². The normalized spacial score (nSPS) is 20.2. The topological polar surface area (TPSA) is 72.2 Å². The van der Waals surface area contributed by atoms with E-state index in [1.807, 2.05) is 24.3 Å². The molecular weight excluding hydrogens is 236 g/mol. The number of benzene rings is 1. The van der Waals surface area contributed by atoms with Crippen molar-refractivity contribution in [3.05, 3.63) is 29.8 Å². The van der Waals surface area contributed by atoms with Crippen LogP contribution in [0.2, 0.25) is 0 Å². The molecule has 0 atom stereocenters. The molecule has 1 aliphatic rings. The zero-order valence-corrected chi connectivity index (χ0v) is 10.5. The van der Waals surface area contributed by atoms with E-state index in [0.29, 0.717) is 30.9 Å². The molecule has 0 aliphatic carbocycles. The summed E-state index contributed by atoms with van der Waals surface area (Å²) in [7, 11) is -2.77. The van der Waals surface area contributed by atoms with Crippen LogP contribution in [-0.4, -0.2) is 26.0 Å². The Hall–Kier alpha value is -1.07. The number of hydrogen-bond donors (Lipinski definition) is 2. The van der Waals surface area contributed by atoms with E-state index in [2.05, 4.69) is 5.32 Å². The highest BCUT2D eigenvalue weighted by atomic mass is 32.2. The van der Waals surface area contributed by atoms with E-state index in [9.17, 15) is 8.42 Å². The Bertz CT molecular complexity index is 471. The highest BCUT2D eigenvalue weighted by molar-refractivity contribution is 7.91. The molecule has 1 heterocycles. The van der Waals surface area contributed by atoms with Crippen molar-refractivity contribution in [1.29, 1.82) is 0 Å². The van der Waals surface area contributed by atoms with Gasteiger partial charge in [-0.1, -0.05) is 18.2 Å². The predicted octanol–water partition coefficient (Wildman–Crippen LogP) is 0.936. The quantitative estimate of drug-likeness (QED) is 0.787. The molecule has 0 spiro atoms. The van der Waals surface area contributed by atoms with Crippen molar-refractivity contribution in [2.24, 2.45) is 0 Å². The summed E-state index contributed by atoms with van der Waals surface area (Å²) < 4.78 is 22.6. The first kappa shape index (κ1) is 12.4. The summed E-state index contributed by atoms with van der Waals surface area (Å²) in [6, 6.07) is 8.02. The summed E-state index contributed by atoms with van der Waals surface area (Å²) in [6.07, 6.45) is 1.41. The van der Waals surface area contributed by atoms with Crippen molar-refractivity contribution in [1.82, 2.24) is 5.32 Å². The molecular formula is C12H18N2O2S. The minimum absolute atomic E-state index is 0.290. The van der Waals surface area contributed by atoms with Gasteiger partial charge in [0.1, 0.15) is 9.84 Å². The largest absolute Gasteiger partial charge is 0.398 e. The lowest BCUT2D eigenvalue weighted by molar-refractivity contribution is 0.463. The van der Waals surface area contributed by atoms with Crippen LogP contribution in [0.1, 0.15) is 18.4 Å². The molecule has 1 aromatic rings. The van der Waals surface area contributed by atoms with Crippen LogP contribution in [-0.2, 0) is 16.4 Å². The molecule has 17 heavy (non-hydrogen) atoms. The van der Waals surface area contributed by atoms with Gasteiger partial charge in [-0.3, -0.25) is 0 Å². The number of nitrogens with two attached hydrogens (primary N) is 1. The molecule has 0 amide bonds. The average molecular weight is 254 g/mol. The molecule has 1 aliphatic heterocycles. The molecule has 5 heteroatoms. The third-order valence-corrected chi connectivity index (χ3v) is 4.91.